The van der Waals surface area contributed by atoms with Gasteiger partial charge in [-0.1, -0.05) is 42.3 Å². The molecule has 106 valence electrons. The Bertz CT molecular complexity index is 419. The fourth-order valence-corrected chi connectivity index (χ4v) is 3.16. The minimum absolute atomic E-state index is 0.268. The molecular formula is C16H25BrN2. The molecule has 1 saturated heterocycles. The summed E-state index contributed by atoms with van der Waals surface area (Å²) in [7, 11) is 0. The molecule has 1 aromatic rings. The van der Waals surface area contributed by atoms with E-state index in [0.29, 0.717) is 0 Å². The van der Waals surface area contributed by atoms with Crippen molar-refractivity contribution in [1.29, 1.82) is 0 Å². The molecule has 0 spiro atoms. The van der Waals surface area contributed by atoms with Gasteiger partial charge in [-0.2, -0.15) is 0 Å². The Morgan fingerprint density at radius 1 is 1.42 bits per heavy atom. The molecule has 3 heteroatoms. The number of rotatable bonds is 5. The molecule has 2 unspecified atom stereocenters. The molecule has 0 aliphatic carbocycles. The lowest BCUT2D eigenvalue weighted by atomic mass is 10.0. The van der Waals surface area contributed by atoms with Crippen molar-refractivity contribution < 1.29 is 0 Å². The van der Waals surface area contributed by atoms with Gasteiger partial charge in [-0.25, -0.2) is 0 Å². The van der Waals surface area contributed by atoms with Crippen molar-refractivity contribution in [3.05, 3.63) is 28.2 Å². The summed E-state index contributed by atoms with van der Waals surface area (Å²) in [6.07, 6.45) is 4.62. The fraction of sp³-hybridized carbons (Fsp3) is 0.625. The zero-order valence-electron chi connectivity index (χ0n) is 12.0. The van der Waals surface area contributed by atoms with Crippen molar-refractivity contribution in [3.63, 3.8) is 0 Å². The van der Waals surface area contributed by atoms with Gasteiger partial charge in [0, 0.05) is 29.3 Å². The van der Waals surface area contributed by atoms with Crippen molar-refractivity contribution in [3.8, 4) is 0 Å². The summed E-state index contributed by atoms with van der Waals surface area (Å²) in [5.74, 6) is 0.853. The van der Waals surface area contributed by atoms with E-state index in [2.05, 4.69) is 52.9 Å². The van der Waals surface area contributed by atoms with Crippen LogP contribution in [0.4, 0.5) is 5.69 Å². The summed E-state index contributed by atoms with van der Waals surface area (Å²) >= 11 is 3.60. The maximum atomic E-state index is 6.13. The summed E-state index contributed by atoms with van der Waals surface area (Å²) in [4.78, 5) is 2.54. The molecule has 19 heavy (non-hydrogen) atoms. The number of halogens is 1. The van der Waals surface area contributed by atoms with Gasteiger partial charge in [0.25, 0.3) is 0 Å². The highest BCUT2D eigenvalue weighted by Gasteiger charge is 2.23. The monoisotopic (exact) mass is 324 g/mol. The topological polar surface area (TPSA) is 29.3 Å². The van der Waals surface area contributed by atoms with Crippen LogP contribution in [0.3, 0.4) is 0 Å². The third-order valence-corrected chi connectivity index (χ3v) is 4.75. The van der Waals surface area contributed by atoms with Crippen LogP contribution in [0.1, 0.15) is 38.7 Å². The van der Waals surface area contributed by atoms with Crippen molar-refractivity contribution in [2.75, 3.05) is 18.0 Å². The summed E-state index contributed by atoms with van der Waals surface area (Å²) in [5.41, 5.74) is 8.91. The molecule has 2 rings (SSSR count). The molecule has 0 radical (unpaired) electrons. The smallest absolute Gasteiger partial charge is 0.0410 e. The summed E-state index contributed by atoms with van der Waals surface area (Å²) < 4.78 is 1.16. The van der Waals surface area contributed by atoms with E-state index >= 15 is 0 Å². The van der Waals surface area contributed by atoms with Crippen LogP contribution in [0.25, 0.3) is 0 Å². The molecule has 2 atom stereocenters. The fourth-order valence-electron chi connectivity index (χ4n) is 2.82. The second kappa shape index (κ2) is 6.76. The van der Waals surface area contributed by atoms with Crippen LogP contribution in [-0.2, 0) is 6.42 Å². The molecule has 2 N–H and O–H groups in total. The lowest BCUT2D eigenvalue weighted by molar-refractivity contribution is 0.569. The van der Waals surface area contributed by atoms with E-state index in [0.717, 1.165) is 23.2 Å². The Hall–Kier alpha value is -0.540. The van der Waals surface area contributed by atoms with Gasteiger partial charge in [0.05, 0.1) is 0 Å². The highest BCUT2D eigenvalue weighted by atomic mass is 79.9. The lowest BCUT2D eigenvalue weighted by Gasteiger charge is -2.23. The first kappa shape index (κ1) is 14.9. The molecular weight excluding hydrogens is 300 g/mol. The first-order valence-corrected chi connectivity index (χ1v) is 8.22. The molecule has 1 fully saturated rings. The van der Waals surface area contributed by atoms with Gasteiger partial charge >= 0.3 is 0 Å². The van der Waals surface area contributed by atoms with Crippen LogP contribution in [0.2, 0.25) is 0 Å². The molecule has 0 aromatic heterocycles. The van der Waals surface area contributed by atoms with Crippen molar-refractivity contribution in [2.24, 2.45) is 11.7 Å². The Morgan fingerprint density at radius 2 is 2.21 bits per heavy atom. The Morgan fingerprint density at radius 3 is 2.84 bits per heavy atom. The molecule has 1 aromatic carbocycles. The molecule has 1 heterocycles. The number of nitrogens with two attached hydrogens (primary N) is 1. The standard InChI is InChI=1S/C16H25BrN2/c1-3-12-7-8-19(11-12)16-10-14(17)6-5-13(16)9-15(18)4-2/h5-6,10,12,15H,3-4,7-9,11,18H2,1-2H3. The predicted octanol–water partition coefficient (Wildman–Crippen LogP) is 3.97. The van der Waals surface area contributed by atoms with Gasteiger partial charge in [-0.05, 0) is 42.9 Å². The zero-order valence-corrected chi connectivity index (χ0v) is 13.6. The number of benzene rings is 1. The first-order chi connectivity index (χ1) is 9.13. The van der Waals surface area contributed by atoms with Gasteiger partial charge in [0.1, 0.15) is 0 Å². The quantitative estimate of drug-likeness (QED) is 0.888. The van der Waals surface area contributed by atoms with Crippen LogP contribution in [-0.4, -0.2) is 19.1 Å². The maximum Gasteiger partial charge on any atom is 0.0410 e. The third-order valence-electron chi connectivity index (χ3n) is 4.26. The maximum absolute atomic E-state index is 6.13. The van der Waals surface area contributed by atoms with E-state index in [1.54, 1.807) is 0 Å². The molecule has 1 aliphatic rings. The van der Waals surface area contributed by atoms with Gasteiger partial charge in [0.2, 0.25) is 0 Å². The van der Waals surface area contributed by atoms with Crippen molar-refractivity contribution in [2.45, 2.75) is 45.6 Å². The molecule has 0 bridgehead atoms. The van der Waals surface area contributed by atoms with Crippen molar-refractivity contribution in [1.82, 2.24) is 0 Å². The Balaban J connectivity index is 2.20. The zero-order chi connectivity index (χ0) is 13.8. The average molecular weight is 325 g/mol. The Labute approximate surface area is 125 Å². The normalized spacial score (nSPS) is 20.8. The van der Waals surface area contributed by atoms with Crippen LogP contribution in [0.15, 0.2) is 22.7 Å². The lowest BCUT2D eigenvalue weighted by Crippen LogP contribution is -2.25. The number of hydrogen-bond acceptors (Lipinski definition) is 2. The molecule has 0 saturated carbocycles. The summed E-state index contributed by atoms with van der Waals surface area (Å²) in [6.45, 7) is 6.83. The van der Waals surface area contributed by atoms with E-state index in [-0.39, 0.29) is 6.04 Å². The van der Waals surface area contributed by atoms with Gasteiger partial charge < -0.3 is 10.6 Å². The molecule has 2 nitrogen and oxygen atoms in total. The van der Waals surface area contributed by atoms with E-state index < -0.39 is 0 Å². The number of anilines is 1. The van der Waals surface area contributed by atoms with E-state index in [9.17, 15) is 0 Å². The molecule has 0 amide bonds. The van der Waals surface area contributed by atoms with Gasteiger partial charge in [-0.15, -0.1) is 0 Å². The number of nitrogens with zero attached hydrogens (tertiary/aromatic N) is 1. The highest BCUT2D eigenvalue weighted by Crippen LogP contribution is 2.31. The van der Waals surface area contributed by atoms with Crippen LogP contribution in [0, 0.1) is 5.92 Å². The van der Waals surface area contributed by atoms with Crippen LogP contribution in [0.5, 0.6) is 0 Å². The largest absolute Gasteiger partial charge is 0.371 e. The highest BCUT2D eigenvalue weighted by molar-refractivity contribution is 9.10. The van der Waals surface area contributed by atoms with Crippen LogP contribution < -0.4 is 10.6 Å². The van der Waals surface area contributed by atoms with Gasteiger partial charge in [0.15, 0.2) is 0 Å². The summed E-state index contributed by atoms with van der Waals surface area (Å²) in [6, 6.07) is 6.89. The van der Waals surface area contributed by atoms with Crippen LogP contribution >= 0.6 is 15.9 Å². The minimum Gasteiger partial charge on any atom is -0.371 e. The SMILES string of the molecule is CCC(N)Cc1ccc(Br)cc1N1CCC(CC)C1. The predicted molar refractivity (Wildman–Crippen MR) is 86.7 cm³/mol. The first-order valence-electron chi connectivity index (χ1n) is 7.43. The Kier molecular flexibility index (Phi) is 5.28. The van der Waals surface area contributed by atoms with E-state index in [4.69, 9.17) is 5.73 Å². The second-order valence-electron chi connectivity index (χ2n) is 5.65. The van der Waals surface area contributed by atoms with Crippen molar-refractivity contribution >= 4 is 21.6 Å². The molecule has 1 aliphatic heterocycles. The van der Waals surface area contributed by atoms with E-state index in [1.807, 2.05) is 0 Å². The average Bonchev–Trinajstić information content (AvgIpc) is 2.89. The third kappa shape index (κ3) is 3.73. The summed E-state index contributed by atoms with van der Waals surface area (Å²) in [5, 5.41) is 0. The van der Waals surface area contributed by atoms with E-state index in [1.165, 1.54) is 37.2 Å². The van der Waals surface area contributed by atoms with Gasteiger partial charge in [-0.3, -0.25) is 0 Å². The second-order valence-corrected chi connectivity index (χ2v) is 6.57. The number of hydrogen-bond donors (Lipinski definition) is 1. The minimum atomic E-state index is 0.268.